The molecule has 0 saturated carbocycles. The van der Waals surface area contributed by atoms with Gasteiger partial charge in [0, 0.05) is 23.9 Å². The van der Waals surface area contributed by atoms with Gasteiger partial charge in [0.1, 0.15) is 0 Å². The van der Waals surface area contributed by atoms with Gasteiger partial charge in [-0.25, -0.2) is 4.68 Å². The molecule has 138 valence electrons. The van der Waals surface area contributed by atoms with E-state index in [1.54, 1.807) is 48.1 Å². The van der Waals surface area contributed by atoms with Crippen molar-refractivity contribution < 1.29 is 9.59 Å². The molecule has 0 spiro atoms. The number of anilines is 1. The van der Waals surface area contributed by atoms with Crippen molar-refractivity contribution in [2.75, 3.05) is 12.4 Å². The number of nitrogens with one attached hydrogen (secondary N) is 2. The van der Waals surface area contributed by atoms with E-state index in [1.165, 1.54) is 0 Å². The molecule has 0 atom stereocenters. The number of carbonyl (C=O) groups excluding carboxylic acids is 2. The van der Waals surface area contributed by atoms with E-state index < -0.39 is 0 Å². The van der Waals surface area contributed by atoms with Gasteiger partial charge in [0.25, 0.3) is 11.8 Å². The van der Waals surface area contributed by atoms with Gasteiger partial charge in [0.05, 0.1) is 22.1 Å². The van der Waals surface area contributed by atoms with Crippen molar-refractivity contribution in [3.63, 3.8) is 0 Å². The van der Waals surface area contributed by atoms with Crippen LogP contribution in [-0.2, 0) is 0 Å². The van der Waals surface area contributed by atoms with Gasteiger partial charge in [-0.05, 0) is 62.4 Å². The van der Waals surface area contributed by atoms with Crippen molar-refractivity contribution in [1.82, 2.24) is 15.1 Å². The van der Waals surface area contributed by atoms with E-state index in [4.69, 9.17) is 11.6 Å². The minimum absolute atomic E-state index is 0.173. The Hall–Kier alpha value is -3.12. The molecule has 6 nitrogen and oxygen atoms in total. The molecule has 0 aliphatic carbocycles. The van der Waals surface area contributed by atoms with Gasteiger partial charge in [0.2, 0.25) is 0 Å². The van der Waals surface area contributed by atoms with Crippen LogP contribution in [0.1, 0.15) is 32.1 Å². The minimum atomic E-state index is -0.236. The molecule has 7 heteroatoms. The molecule has 0 aliphatic heterocycles. The van der Waals surface area contributed by atoms with Gasteiger partial charge in [-0.15, -0.1) is 0 Å². The second-order valence-electron chi connectivity index (χ2n) is 6.05. The minimum Gasteiger partial charge on any atom is -0.355 e. The topological polar surface area (TPSA) is 76.0 Å². The monoisotopic (exact) mass is 382 g/mol. The molecule has 0 fully saturated rings. The Morgan fingerprint density at radius 2 is 1.48 bits per heavy atom. The molecule has 0 saturated heterocycles. The number of rotatable bonds is 4. The van der Waals surface area contributed by atoms with Crippen molar-refractivity contribution in [3.8, 4) is 5.69 Å². The molecular formula is C20H19ClN4O2. The second kappa shape index (κ2) is 7.63. The zero-order valence-corrected chi connectivity index (χ0v) is 16.0. The summed E-state index contributed by atoms with van der Waals surface area (Å²) in [5, 5.41) is 10.4. The van der Waals surface area contributed by atoms with Crippen LogP contribution < -0.4 is 10.6 Å². The third-order valence-electron chi connectivity index (χ3n) is 4.21. The lowest BCUT2D eigenvalue weighted by Crippen LogP contribution is -2.17. The maximum absolute atomic E-state index is 12.4. The maximum Gasteiger partial charge on any atom is 0.255 e. The summed E-state index contributed by atoms with van der Waals surface area (Å²) >= 11 is 6.19. The molecule has 3 aromatic rings. The average Bonchev–Trinajstić information content (AvgIpc) is 2.95. The molecule has 2 N–H and O–H groups in total. The zero-order valence-electron chi connectivity index (χ0n) is 15.2. The highest BCUT2D eigenvalue weighted by Crippen LogP contribution is 2.22. The molecule has 0 radical (unpaired) electrons. The van der Waals surface area contributed by atoms with Crippen LogP contribution in [0.5, 0.6) is 0 Å². The highest BCUT2D eigenvalue weighted by Gasteiger charge is 2.12. The van der Waals surface area contributed by atoms with Crippen LogP contribution in [0.4, 0.5) is 5.69 Å². The first-order valence-corrected chi connectivity index (χ1v) is 8.74. The average molecular weight is 383 g/mol. The summed E-state index contributed by atoms with van der Waals surface area (Å²) in [6.07, 6.45) is 0. The molecule has 27 heavy (non-hydrogen) atoms. The first kappa shape index (κ1) is 18.7. The van der Waals surface area contributed by atoms with Gasteiger partial charge in [-0.1, -0.05) is 11.6 Å². The summed E-state index contributed by atoms with van der Waals surface area (Å²) in [5.41, 5.74) is 4.10. The predicted molar refractivity (Wildman–Crippen MR) is 106 cm³/mol. The Morgan fingerprint density at radius 1 is 0.926 bits per heavy atom. The van der Waals surface area contributed by atoms with Crippen molar-refractivity contribution in [1.29, 1.82) is 0 Å². The Labute approximate surface area is 162 Å². The first-order chi connectivity index (χ1) is 12.9. The first-order valence-electron chi connectivity index (χ1n) is 8.36. The fourth-order valence-corrected chi connectivity index (χ4v) is 2.80. The smallest absolute Gasteiger partial charge is 0.255 e. The molecule has 2 amide bonds. The van der Waals surface area contributed by atoms with Crippen LogP contribution in [0.25, 0.3) is 5.69 Å². The Bertz CT molecular complexity index is 992. The molecule has 1 aromatic heterocycles. The van der Waals surface area contributed by atoms with E-state index >= 15 is 0 Å². The van der Waals surface area contributed by atoms with Crippen molar-refractivity contribution in [2.45, 2.75) is 13.8 Å². The van der Waals surface area contributed by atoms with E-state index in [9.17, 15) is 9.59 Å². The Morgan fingerprint density at radius 3 is 2.00 bits per heavy atom. The van der Waals surface area contributed by atoms with Gasteiger partial charge < -0.3 is 10.6 Å². The third kappa shape index (κ3) is 3.85. The SMILES string of the molecule is CNC(=O)c1ccc(NC(=O)c2ccc(-n3nc(C)c(Cl)c3C)cc2)cc1. The van der Waals surface area contributed by atoms with Gasteiger partial charge in [-0.3, -0.25) is 9.59 Å². The fourth-order valence-electron chi connectivity index (χ4n) is 2.68. The normalized spacial score (nSPS) is 10.5. The van der Waals surface area contributed by atoms with Gasteiger partial charge in [-0.2, -0.15) is 5.10 Å². The van der Waals surface area contributed by atoms with E-state index in [2.05, 4.69) is 15.7 Å². The highest BCUT2D eigenvalue weighted by molar-refractivity contribution is 6.31. The number of aryl methyl sites for hydroxylation is 1. The van der Waals surface area contributed by atoms with E-state index in [-0.39, 0.29) is 11.8 Å². The van der Waals surface area contributed by atoms with E-state index in [1.807, 2.05) is 26.0 Å². The molecule has 0 aliphatic rings. The van der Waals surface area contributed by atoms with Gasteiger partial charge in [0.15, 0.2) is 0 Å². The molecular weight excluding hydrogens is 364 g/mol. The molecule has 0 unspecified atom stereocenters. The summed E-state index contributed by atoms with van der Waals surface area (Å²) < 4.78 is 1.75. The molecule has 2 aromatic carbocycles. The molecule has 3 rings (SSSR count). The fraction of sp³-hybridized carbons (Fsp3) is 0.150. The number of aromatic nitrogens is 2. The number of carbonyl (C=O) groups is 2. The summed E-state index contributed by atoms with van der Waals surface area (Å²) in [6, 6.07) is 13.8. The van der Waals surface area contributed by atoms with Crippen LogP contribution in [0.15, 0.2) is 48.5 Å². The van der Waals surface area contributed by atoms with Crippen LogP contribution in [0.2, 0.25) is 5.02 Å². The summed E-state index contributed by atoms with van der Waals surface area (Å²) in [5.74, 6) is -0.409. The summed E-state index contributed by atoms with van der Waals surface area (Å²) in [7, 11) is 1.57. The standard InChI is InChI=1S/C20H19ClN4O2/c1-12-18(21)13(2)25(24-12)17-10-6-15(7-11-17)20(27)23-16-8-4-14(5-9-16)19(26)22-3/h4-11H,1-3H3,(H,22,26)(H,23,27). The van der Waals surface area contributed by atoms with Crippen LogP contribution in [0.3, 0.4) is 0 Å². The van der Waals surface area contributed by atoms with E-state index in [0.29, 0.717) is 21.8 Å². The lowest BCUT2D eigenvalue weighted by Gasteiger charge is -2.08. The lowest BCUT2D eigenvalue weighted by molar-refractivity contribution is 0.0962. The number of benzene rings is 2. The Balaban J connectivity index is 1.74. The number of amides is 2. The van der Waals surface area contributed by atoms with Crippen LogP contribution in [-0.4, -0.2) is 28.6 Å². The largest absolute Gasteiger partial charge is 0.355 e. The highest BCUT2D eigenvalue weighted by atomic mass is 35.5. The number of hydrogen-bond acceptors (Lipinski definition) is 3. The Kier molecular flexibility index (Phi) is 5.28. The third-order valence-corrected chi connectivity index (χ3v) is 4.76. The quantitative estimate of drug-likeness (QED) is 0.721. The maximum atomic E-state index is 12.4. The number of nitrogens with zero attached hydrogens (tertiary/aromatic N) is 2. The number of halogens is 1. The summed E-state index contributed by atoms with van der Waals surface area (Å²) in [4.78, 5) is 24.0. The molecule has 0 bridgehead atoms. The second-order valence-corrected chi connectivity index (χ2v) is 6.43. The van der Waals surface area contributed by atoms with Crippen molar-refractivity contribution >= 4 is 29.1 Å². The summed E-state index contributed by atoms with van der Waals surface area (Å²) in [6.45, 7) is 3.74. The van der Waals surface area contributed by atoms with Crippen molar-refractivity contribution in [3.05, 3.63) is 76.1 Å². The van der Waals surface area contributed by atoms with Crippen LogP contribution in [0, 0.1) is 13.8 Å². The zero-order chi connectivity index (χ0) is 19.6. The molecule has 1 heterocycles. The van der Waals surface area contributed by atoms with Crippen molar-refractivity contribution in [2.24, 2.45) is 0 Å². The van der Waals surface area contributed by atoms with Crippen LogP contribution >= 0.6 is 11.6 Å². The van der Waals surface area contributed by atoms with Gasteiger partial charge >= 0.3 is 0 Å². The lowest BCUT2D eigenvalue weighted by atomic mass is 10.1. The predicted octanol–water partition coefficient (Wildman–Crippen LogP) is 3.75. The van der Waals surface area contributed by atoms with E-state index in [0.717, 1.165) is 17.1 Å². The number of hydrogen-bond donors (Lipinski definition) is 2.